The molecule has 20 heavy (non-hydrogen) atoms. The third-order valence-corrected chi connectivity index (χ3v) is 3.52. The Morgan fingerprint density at radius 2 is 1.80 bits per heavy atom. The first-order valence-electron chi connectivity index (χ1n) is 6.11. The van der Waals surface area contributed by atoms with E-state index < -0.39 is 0 Å². The zero-order chi connectivity index (χ0) is 13.9. The summed E-state index contributed by atoms with van der Waals surface area (Å²) in [6.07, 6.45) is 3.70. The van der Waals surface area contributed by atoms with Gasteiger partial charge in [0.05, 0.1) is 6.54 Å². The van der Waals surface area contributed by atoms with Crippen molar-refractivity contribution in [2.45, 2.75) is 6.54 Å². The lowest BCUT2D eigenvalue weighted by Gasteiger charge is -2.09. The lowest BCUT2D eigenvalue weighted by Crippen LogP contribution is -2.02. The van der Waals surface area contributed by atoms with Crippen molar-refractivity contribution in [3.8, 4) is 11.4 Å². The zero-order valence-corrected chi connectivity index (χ0v) is 12.0. The standard InChI is InChI=1S/C15H11Cl2N3/c16-13-7-6-12(14(17)19-13)10-20-9-8-18-15(20)11-4-2-1-3-5-11/h1-9H,10H2. The van der Waals surface area contributed by atoms with Crippen molar-refractivity contribution >= 4 is 23.2 Å². The van der Waals surface area contributed by atoms with Crippen LogP contribution in [0, 0.1) is 0 Å². The predicted octanol–water partition coefficient (Wildman–Crippen LogP) is 4.30. The van der Waals surface area contributed by atoms with Gasteiger partial charge >= 0.3 is 0 Å². The van der Waals surface area contributed by atoms with E-state index in [1.807, 2.05) is 47.2 Å². The highest BCUT2D eigenvalue weighted by molar-refractivity contribution is 6.32. The fraction of sp³-hybridized carbons (Fsp3) is 0.0667. The first kappa shape index (κ1) is 13.2. The van der Waals surface area contributed by atoms with E-state index in [2.05, 4.69) is 9.97 Å². The summed E-state index contributed by atoms with van der Waals surface area (Å²) in [5.74, 6) is 0.900. The normalized spacial score (nSPS) is 10.7. The van der Waals surface area contributed by atoms with Crippen molar-refractivity contribution in [3.05, 3.63) is 70.7 Å². The van der Waals surface area contributed by atoms with E-state index in [9.17, 15) is 0 Å². The maximum atomic E-state index is 6.12. The van der Waals surface area contributed by atoms with E-state index in [1.165, 1.54) is 0 Å². The molecule has 0 N–H and O–H groups in total. The molecular weight excluding hydrogens is 293 g/mol. The molecule has 0 radical (unpaired) electrons. The summed E-state index contributed by atoms with van der Waals surface area (Å²) < 4.78 is 2.03. The van der Waals surface area contributed by atoms with Crippen LogP contribution >= 0.6 is 23.2 Å². The fourth-order valence-electron chi connectivity index (χ4n) is 2.03. The summed E-state index contributed by atoms with van der Waals surface area (Å²) in [6.45, 7) is 0.604. The number of halogens is 2. The minimum absolute atomic E-state index is 0.396. The van der Waals surface area contributed by atoms with Gasteiger partial charge in [0.15, 0.2) is 0 Å². The second-order valence-corrected chi connectivity index (χ2v) is 5.07. The van der Waals surface area contributed by atoms with Crippen molar-refractivity contribution < 1.29 is 0 Å². The number of aromatic nitrogens is 3. The maximum Gasteiger partial charge on any atom is 0.140 e. The monoisotopic (exact) mass is 303 g/mol. The molecule has 0 fully saturated rings. The van der Waals surface area contributed by atoms with Gasteiger partial charge in [-0.05, 0) is 6.07 Å². The highest BCUT2D eigenvalue weighted by Crippen LogP contribution is 2.21. The number of nitrogens with zero attached hydrogens (tertiary/aromatic N) is 3. The van der Waals surface area contributed by atoms with E-state index in [0.717, 1.165) is 17.0 Å². The molecule has 2 aromatic heterocycles. The van der Waals surface area contributed by atoms with Crippen LogP contribution in [0.1, 0.15) is 5.56 Å². The molecule has 0 aliphatic rings. The Morgan fingerprint density at radius 3 is 2.55 bits per heavy atom. The molecule has 0 saturated heterocycles. The highest BCUT2D eigenvalue weighted by Gasteiger charge is 2.08. The number of rotatable bonds is 3. The molecule has 3 aromatic rings. The van der Waals surface area contributed by atoms with Crippen molar-refractivity contribution in [2.24, 2.45) is 0 Å². The van der Waals surface area contributed by atoms with Gasteiger partial charge in [-0.15, -0.1) is 0 Å². The van der Waals surface area contributed by atoms with Crippen molar-refractivity contribution in [1.82, 2.24) is 14.5 Å². The number of pyridine rings is 1. The van der Waals surface area contributed by atoms with Crippen LogP contribution in [0.2, 0.25) is 10.3 Å². The van der Waals surface area contributed by atoms with E-state index in [4.69, 9.17) is 23.2 Å². The molecule has 0 spiro atoms. The molecule has 5 heteroatoms. The van der Waals surface area contributed by atoms with Crippen LogP contribution in [-0.4, -0.2) is 14.5 Å². The second kappa shape index (κ2) is 5.65. The van der Waals surface area contributed by atoms with Gasteiger partial charge in [0, 0.05) is 23.5 Å². The second-order valence-electron chi connectivity index (χ2n) is 4.33. The van der Waals surface area contributed by atoms with Gasteiger partial charge < -0.3 is 4.57 Å². The Morgan fingerprint density at radius 1 is 1.00 bits per heavy atom. The molecule has 0 saturated carbocycles. The van der Waals surface area contributed by atoms with Crippen molar-refractivity contribution in [1.29, 1.82) is 0 Å². The van der Waals surface area contributed by atoms with E-state index in [0.29, 0.717) is 16.9 Å². The van der Waals surface area contributed by atoms with Gasteiger partial charge in [0.25, 0.3) is 0 Å². The summed E-state index contributed by atoms with van der Waals surface area (Å²) in [7, 11) is 0. The number of hydrogen-bond acceptors (Lipinski definition) is 2. The lowest BCUT2D eigenvalue weighted by molar-refractivity contribution is 0.803. The molecule has 1 aromatic carbocycles. The van der Waals surface area contributed by atoms with Crippen molar-refractivity contribution in [3.63, 3.8) is 0 Å². The van der Waals surface area contributed by atoms with Gasteiger partial charge in [-0.3, -0.25) is 0 Å². The van der Waals surface area contributed by atoms with E-state index in [-0.39, 0.29) is 0 Å². The Balaban J connectivity index is 1.95. The quantitative estimate of drug-likeness (QED) is 0.675. The van der Waals surface area contributed by atoms with Crippen molar-refractivity contribution in [2.75, 3.05) is 0 Å². The summed E-state index contributed by atoms with van der Waals surface area (Å²) in [4.78, 5) is 8.46. The summed E-state index contributed by atoms with van der Waals surface area (Å²) in [5.41, 5.74) is 1.97. The molecule has 0 atom stereocenters. The number of imidazole rings is 1. The van der Waals surface area contributed by atoms with Crippen LogP contribution in [0.3, 0.4) is 0 Å². The lowest BCUT2D eigenvalue weighted by atomic mass is 10.2. The molecule has 3 nitrogen and oxygen atoms in total. The molecular formula is C15H11Cl2N3. The van der Waals surface area contributed by atoms with E-state index >= 15 is 0 Å². The Labute approximate surface area is 126 Å². The minimum atomic E-state index is 0.396. The fourth-order valence-corrected chi connectivity index (χ4v) is 2.43. The molecule has 0 aliphatic carbocycles. The van der Waals surface area contributed by atoms with Gasteiger partial charge in [0.1, 0.15) is 16.1 Å². The summed E-state index contributed by atoms with van der Waals surface area (Å²) >= 11 is 11.9. The average Bonchev–Trinajstić information content (AvgIpc) is 2.91. The number of hydrogen-bond donors (Lipinski definition) is 0. The zero-order valence-electron chi connectivity index (χ0n) is 10.5. The Kier molecular flexibility index (Phi) is 3.72. The Bertz CT molecular complexity index is 723. The van der Waals surface area contributed by atoms with Crippen LogP contribution < -0.4 is 0 Å². The summed E-state index contributed by atoms with van der Waals surface area (Å²) in [6, 6.07) is 13.6. The molecule has 2 heterocycles. The SMILES string of the molecule is Clc1ccc(Cn2ccnc2-c2ccccc2)c(Cl)n1. The summed E-state index contributed by atoms with van der Waals surface area (Å²) in [5, 5.41) is 0.817. The van der Waals surface area contributed by atoms with Crippen LogP contribution in [-0.2, 0) is 6.54 Å². The predicted molar refractivity (Wildman–Crippen MR) is 81.0 cm³/mol. The molecule has 3 rings (SSSR count). The van der Waals surface area contributed by atoms with Gasteiger partial charge in [0.2, 0.25) is 0 Å². The van der Waals surface area contributed by atoms with Crippen LogP contribution in [0.15, 0.2) is 54.9 Å². The van der Waals surface area contributed by atoms with Gasteiger partial charge in [-0.1, -0.05) is 59.6 Å². The van der Waals surface area contributed by atoms with E-state index in [1.54, 1.807) is 12.3 Å². The van der Waals surface area contributed by atoms with Gasteiger partial charge in [-0.25, -0.2) is 9.97 Å². The number of benzene rings is 1. The Hall–Kier alpha value is -1.84. The van der Waals surface area contributed by atoms with Crippen LogP contribution in [0.4, 0.5) is 0 Å². The first-order chi connectivity index (χ1) is 9.74. The van der Waals surface area contributed by atoms with Crippen LogP contribution in [0.5, 0.6) is 0 Å². The maximum absolute atomic E-state index is 6.12. The molecule has 0 amide bonds. The van der Waals surface area contributed by atoms with Crippen LogP contribution in [0.25, 0.3) is 11.4 Å². The average molecular weight is 304 g/mol. The minimum Gasteiger partial charge on any atom is -0.326 e. The molecule has 0 aliphatic heterocycles. The molecule has 0 unspecified atom stereocenters. The third-order valence-electron chi connectivity index (χ3n) is 2.98. The molecule has 0 bridgehead atoms. The smallest absolute Gasteiger partial charge is 0.140 e. The largest absolute Gasteiger partial charge is 0.326 e. The first-order valence-corrected chi connectivity index (χ1v) is 6.87. The molecule has 100 valence electrons. The highest BCUT2D eigenvalue weighted by atomic mass is 35.5. The topological polar surface area (TPSA) is 30.7 Å². The van der Waals surface area contributed by atoms with Gasteiger partial charge in [-0.2, -0.15) is 0 Å². The third kappa shape index (κ3) is 2.69.